The number of anilines is 3. The number of allylic oxidation sites excluding steroid dienone is 1. The second kappa shape index (κ2) is 8.85. The molecule has 4 aromatic carbocycles. The minimum absolute atomic E-state index is 0.00799. The molecule has 2 nitrogen and oxygen atoms in total. The molecule has 0 saturated carbocycles. The Balaban J connectivity index is 1.75. The number of nitrogens with zero attached hydrogens (tertiary/aromatic N) is 1. The molecular weight excluding hydrogens is 354 g/mol. The molecule has 0 heterocycles. The Labute approximate surface area is 171 Å². The standard InChI is InChI=1S/C27H21NO/c29-27(23-13-4-1-5-14-23)21-20-22-12-10-11-19-26(22)28(24-15-6-2-7-16-24)25-17-8-3-9-18-25/h1-21H. The van der Waals surface area contributed by atoms with Crippen molar-refractivity contribution in [1.82, 2.24) is 0 Å². The molecule has 29 heavy (non-hydrogen) atoms. The van der Waals surface area contributed by atoms with Gasteiger partial charge in [-0.05, 0) is 48.0 Å². The van der Waals surface area contributed by atoms with Crippen LogP contribution in [-0.2, 0) is 0 Å². The van der Waals surface area contributed by atoms with Crippen molar-refractivity contribution in [2.75, 3.05) is 4.90 Å². The molecule has 0 fully saturated rings. The Kier molecular flexibility index (Phi) is 5.63. The third-order valence-electron chi connectivity index (χ3n) is 4.68. The van der Waals surface area contributed by atoms with Gasteiger partial charge in [0.15, 0.2) is 5.78 Å². The van der Waals surface area contributed by atoms with Crippen LogP contribution in [0.2, 0.25) is 0 Å². The lowest BCUT2D eigenvalue weighted by Crippen LogP contribution is -2.11. The van der Waals surface area contributed by atoms with Gasteiger partial charge < -0.3 is 4.90 Å². The van der Waals surface area contributed by atoms with Crippen molar-refractivity contribution in [2.45, 2.75) is 0 Å². The maximum atomic E-state index is 12.5. The molecule has 0 radical (unpaired) electrons. The molecule has 0 spiro atoms. The maximum absolute atomic E-state index is 12.5. The summed E-state index contributed by atoms with van der Waals surface area (Å²) in [5, 5.41) is 0. The first-order valence-corrected chi connectivity index (χ1v) is 9.60. The van der Waals surface area contributed by atoms with Crippen molar-refractivity contribution in [3.8, 4) is 0 Å². The largest absolute Gasteiger partial charge is 0.310 e. The Morgan fingerprint density at radius 3 is 1.66 bits per heavy atom. The Morgan fingerprint density at radius 2 is 1.07 bits per heavy atom. The third-order valence-corrected chi connectivity index (χ3v) is 4.68. The zero-order chi connectivity index (χ0) is 19.9. The monoisotopic (exact) mass is 375 g/mol. The van der Waals surface area contributed by atoms with E-state index in [2.05, 4.69) is 35.2 Å². The lowest BCUT2D eigenvalue weighted by atomic mass is 10.1. The van der Waals surface area contributed by atoms with Crippen LogP contribution in [0.4, 0.5) is 17.1 Å². The summed E-state index contributed by atoms with van der Waals surface area (Å²) in [6.07, 6.45) is 3.53. The van der Waals surface area contributed by atoms with E-state index in [0.29, 0.717) is 5.56 Å². The number of para-hydroxylation sites is 3. The van der Waals surface area contributed by atoms with Crippen LogP contribution < -0.4 is 4.90 Å². The van der Waals surface area contributed by atoms with E-state index in [-0.39, 0.29) is 5.78 Å². The molecule has 0 N–H and O–H groups in total. The summed E-state index contributed by atoms with van der Waals surface area (Å²) >= 11 is 0. The number of hydrogen-bond acceptors (Lipinski definition) is 2. The summed E-state index contributed by atoms with van der Waals surface area (Å²) < 4.78 is 0. The molecule has 0 aliphatic rings. The summed E-state index contributed by atoms with van der Waals surface area (Å²) in [6, 6.07) is 37.9. The molecule has 4 rings (SSSR count). The molecule has 0 unspecified atom stereocenters. The van der Waals surface area contributed by atoms with E-state index in [1.54, 1.807) is 6.08 Å². The number of carbonyl (C=O) groups is 1. The normalized spacial score (nSPS) is 10.8. The Bertz CT molecular complexity index is 1060. The van der Waals surface area contributed by atoms with Gasteiger partial charge in [0.1, 0.15) is 0 Å². The molecule has 4 aromatic rings. The number of rotatable bonds is 6. The fourth-order valence-corrected chi connectivity index (χ4v) is 3.28. The highest BCUT2D eigenvalue weighted by Gasteiger charge is 2.14. The SMILES string of the molecule is O=C(C=Cc1ccccc1N(c1ccccc1)c1ccccc1)c1ccccc1. The van der Waals surface area contributed by atoms with Gasteiger partial charge in [-0.15, -0.1) is 0 Å². The van der Waals surface area contributed by atoms with E-state index < -0.39 is 0 Å². The van der Waals surface area contributed by atoms with E-state index in [1.807, 2.05) is 91.0 Å². The second-order valence-corrected chi connectivity index (χ2v) is 6.63. The topological polar surface area (TPSA) is 20.3 Å². The average Bonchev–Trinajstić information content (AvgIpc) is 2.80. The number of hydrogen-bond donors (Lipinski definition) is 0. The van der Waals surface area contributed by atoms with Gasteiger partial charge in [0.05, 0.1) is 5.69 Å². The zero-order valence-corrected chi connectivity index (χ0v) is 16.0. The van der Waals surface area contributed by atoms with Crippen molar-refractivity contribution in [2.24, 2.45) is 0 Å². The highest BCUT2D eigenvalue weighted by atomic mass is 16.1. The van der Waals surface area contributed by atoms with Crippen molar-refractivity contribution >= 4 is 28.9 Å². The lowest BCUT2D eigenvalue weighted by molar-refractivity contribution is 0.104. The summed E-state index contributed by atoms with van der Waals surface area (Å²) in [5.41, 5.74) is 4.80. The molecule has 140 valence electrons. The minimum Gasteiger partial charge on any atom is -0.310 e. The number of benzene rings is 4. The molecule has 0 bridgehead atoms. The molecule has 0 aromatic heterocycles. The molecule has 0 amide bonds. The van der Waals surface area contributed by atoms with Crippen LogP contribution in [0.3, 0.4) is 0 Å². The fraction of sp³-hybridized carbons (Fsp3) is 0. The van der Waals surface area contributed by atoms with Crippen molar-refractivity contribution in [3.63, 3.8) is 0 Å². The molecule has 0 atom stereocenters. The van der Waals surface area contributed by atoms with Crippen molar-refractivity contribution in [3.05, 3.63) is 132 Å². The van der Waals surface area contributed by atoms with E-state index in [9.17, 15) is 4.79 Å². The van der Waals surface area contributed by atoms with Gasteiger partial charge >= 0.3 is 0 Å². The summed E-state index contributed by atoms with van der Waals surface area (Å²) in [4.78, 5) is 14.7. The van der Waals surface area contributed by atoms with Crippen LogP contribution in [0.25, 0.3) is 6.08 Å². The van der Waals surface area contributed by atoms with Gasteiger partial charge in [-0.3, -0.25) is 4.79 Å². The van der Waals surface area contributed by atoms with Crippen LogP contribution in [0.15, 0.2) is 121 Å². The predicted molar refractivity (Wildman–Crippen MR) is 121 cm³/mol. The van der Waals surface area contributed by atoms with Gasteiger partial charge in [0.2, 0.25) is 0 Å². The first-order valence-electron chi connectivity index (χ1n) is 9.60. The zero-order valence-electron chi connectivity index (χ0n) is 16.0. The number of ketones is 1. The van der Waals surface area contributed by atoms with Gasteiger partial charge in [0, 0.05) is 16.9 Å². The van der Waals surface area contributed by atoms with E-state index >= 15 is 0 Å². The molecule has 0 aliphatic heterocycles. The van der Waals surface area contributed by atoms with Crippen LogP contribution in [-0.4, -0.2) is 5.78 Å². The molecule has 2 heteroatoms. The van der Waals surface area contributed by atoms with Gasteiger partial charge in [-0.25, -0.2) is 0 Å². The summed E-state index contributed by atoms with van der Waals surface area (Å²) in [7, 11) is 0. The Hall–Kier alpha value is -3.91. The van der Waals surface area contributed by atoms with E-state index in [0.717, 1.165) is 22.6 Å². The summed E-state index contributed by atoms with van der Waals surface area (Å²) in [6.45, 7) is 0. The molecular formula is C27H21NO. The fourth-order valence-electron chi connectivity index (χ4n) is 3.28. The highest BCUT2D eigenvalue weighted by Crippen LogP contribution is 2.36. The molecule has 0 saturated heterocycles. The van der Waals surface area contributed by atoms with Gasteiger partial charge in [-0.1, -0.05) is 84.9 Å². The highest BCUT2D eigenvalue weighted by molar-refractivity contribution is 6.07. The average molecular weight is 375 g/mol. The van der Waals surface area contributed by atoms with E-state index in [1.165, 1.54) is 0 Å². The maximum Gasteiger partial charge on any atom is 0.185 e. The van der Waals surface area contributed by atoms with Gasteiger partial charge in [-0.2, -0.15) is 0 Å². The molecule has 0 aliphatic carbocycles. The van der Waals surface area contributed by atoms with Crippen LogP contribution in [0.5, 0.6) is 0 Å². The first kappa shape index (κ1) is 18.5. The first-order chi connectivity index (χ1) is 14.3. The second-order valence-electron chi connectivity index (χ2n) is 6.63. The third kappa shape index (κ3) is 4.33. The van der Waals surface area contributed by atoms with E-state index in [4.69, 9.17) is 0 Å². The smallest absolute Gasteiger partial charge is 0.185 e. The quantitative estimate of drug-likeness (QED) is 0.266. The van der Waals surface area contributed by atoms with Gasteiger partial charge in [0.25, 0.3) is 0 Å². The number of carbonyl (C=O) groups excluding carboxylic acids is 1. The Morgan fingerprint density at radius 1 is 0.586 bits per heavy atom. The predicted octanol–water partition coefficient (Wildman–Crippen LogP) is 7.05. The lowest BCUT2D eigenvalue weighted by Gasteiger charge is -2.27. The van der Waals surface area contributed by atoms with Crippen LogP contribution >= 0.6 is 0 Å². The minimum atomic E-state index is -0.00799. The van der Waals surface area contributed by atoms with Crippen molar-refractivity contribution in [1.29, 1.82) is 0 Å². The van der Waals surface area contributed by atoms with Crippen molar-refractivity contribution < 1.29 is 4.79 Å². The van der Waals surface area contributed by atoms with Crippen LogP contribution in [0.1, 0.15) is 15.9 Å². The summed E-state index contributed by atoms with van der Waals surface area (Å²) in [5.74, 6) is -0.00799. The van der Waals surface area contributed by atoms with Crippen LogP contribution in [0, 0.1) is 0 Å².